The minimum absolute atomic E-state index is 0.203. The van der Waals surface area contributed by atoms with E-state index in [0.717, 1.165) is 16.5 Å². The number of hydrogen-bond donors (Lipinski definition) is 2. The van der Waals surface area contributed by atoms with Crippen molar-refractivity contribution in [3.8, 4) is 22.4 Å². The third-order valence-electron chi connectivity index (χ3n) is 5.78. The van der Waals surface area contributed by atoms with Crippen LogP contribution in [0.2, 0.25) is 0 Å². The van der Waals surface area contributed by atoms with E-state index in [1.165, 1.54) is 6.07 Å². The van der Waals surface area contributed by atoms with Crippen molar-refractivity contribution in [3.05, 3.63) is 94.1 Å². The maximum atomic E-state index is 15.4. The standard InChI is InChI=1S/C25H18FN5O/c1-28-23-17-6-4-3-5-14(17)10-21(26)22(23)24-20(13-30-31(24)2)15-7-8-18-19(9-15)16(11-27)12-29-25(18)32/h3-10,12-13H,11,27H2,2H3,(H,29,32). The molecular formula is C25H18FN5O. The molecule has 0 saturated heterocycles. The van der Waals surface area contributed by atoms with Crippen LogP contribution < -0.4 is 11.3 Å². The van der Waals surface area contributed by atoms with E-state index in [1.807, 2.05) is 24.3 Å². The molecular weight excluding hydrogens is 405 g/mol. The van der Waals surface area contributed by atoms with Crippen molar-refractivity contribution >= 4 is 27.2 Å². The number of hydrogen-bond acceptors (Lipinski definition) is 3. The molecule has 5 rings (SSSR count). The minimum Gasteiger partial charge on any atom is -0.328 e. The SMILES string of the molecule is [C-]#[N+]c1c(-c2c(-c3ccc4c(=O)[nH]cc(CN)c4c3)cnn2C)c(F)cc2ccccc12. The molecule has 156 valence electrons. The third kappa shape index (κ3) is 2.89. The van der Waals surface area contributed by atoms with Crippen LogP contribution in [0.5, 0.6) is 0 Å². The summed E-state index contributed by atoms with van der Waals surface area (Å²) < 4.78 is 17.0. The Morgan fingerprint density at radius 3 is 2.75 bits per heavy atom. The number of H-pyrrole nitrogens is 1. The van der Waals surface area contributed by atoms with Crippen molar-refractivity contribution in [1.29, 1.82) is 0 Å². The van der Waals surface area contributed by atoms with Gasteiger partial charge >= 0.3 is 0 Å². The van der Waals surface area contributed by atoms with Crippen LogP contribution >= 0.6 is 0 Å². The normalized spacial score (nSPS) is 11.2. The number of rotatable bonds is 3. The van der Waals surface area contributed by atoms with Crippen molar-refractivity contribution in [2.45, 2.75) is 6.54 Å². The van der Waals surface area contributed by atoms with Crippen LogP contribution in [0.4, 0.5) is 10.1 Å². The summed E-state index contributed by atoms with van der Waals surface area (Å²) in [5.41, 5.74) is 8.83. The second kappa shape index (κ2) is 7.45. The molecule has 0 saturated carbocycles. The quantitative estimate of drug-likeness (QED) is 0.405. The molecule has 0 aliphatic carbocycles. The van der Waals surface area contributed by atoms with Gasteiger partial charge in [0.25, 0.3) is 5.56 Å². The maximum absolute atomic E-state index is 15.4. The van der Waals surface area contributed by atoms with Crippen LogP contribution in [-0.2, 0) is 13.6 Å². The lowest BCUT2D eigenvalue weighted by Crippen LogP contribution is -2.09. The molecule has 7 heteroatoms. The number of halogens is 1. The van der Waals surface area contributed by atoms with Gasteiger partial charge in [-0.15, -0.1) is 0 Å². The molecule has 3 N–H and O–H groups in total. The summed E-state index contributed by atoms with van der Waals surface area (Å²) in [4.78, 5) is 18.6. The van der Waals surface area contributed by atoms with E-state index in [0.29, 0.717) is 27.4 Å². The van der Waals surface area contributed by atoms with Gasteiger partial charge in [-0.2, -0.15) is 5.10 Å². The van der Waals surface area contributed by atoms with Gasteiger partial charge in [0.1, 0.15) is 5.82 Å². The molecule has 5 aromatic rings. The number of fused-ring (bicyclic) bond motifs is 2. The Balaban J connectivity index is 1.82. The highest BCUT2D eigenvalue weighted by atomic mass is 19.1. The van der Waals surface area contributed by atoms with Gasteiger partial charge in [-0.05, 0) is 45.5 Å². The number of nitrogens with one attached hydrogen (secondary N) is 1. The van der Waals surface area contributed by atoms with Crippen molar-refractivity contribution in [1.82, 2.24) is 14.8 Å². The highest BCUT2D eigenvalue weighted by molar-refractivity contribution is 6.04. The van der Waals surface area contributed by atoms with Crippen molar-refractivity contribution in [3.63, 3.8) is 0 Å². The van der Waals surface area contributed by atoms with Crippen molar-refractivity contribution in [2.75, 3.05) is 0 Å². The van der Waals surface area contributed by atoms with Crippen LogP contribution in [-0.4, -0.2) is 14.8 Å². The minimum atomic E-state index is -0.487. The average molecular weight is 423 g/mol. The summed E-state index contributed by atoms with van der Waals surface area (Å²) >= 11 is 0. The van der Waals surface area contributed by atoms with Gasteiger partial charge in [-0.25, -0.2) is 9.24 Å². The zero-order chi connectivity index (χ0) is 22.4. The predicted molar refractivity (Wildman–Crippen MR) is 124 cm³/mol. The van der Waals surface area contributed by atoms with Crippen LogP contribution in [0, 0.1) is 12.4 Å². The maximum Gasteiger partial charge on any atom is 0.255 e. The van der Waals surface area contributed by atoms with Gasteiger partial charge in [-0.3, -0.25) is 9.48 Å². The Bertz CT molecular complexity index is 1620. The van der Waals surface area contributed by atoms with Crippen LogP contribution in [0.1, 0.15) is 5.56 Å². The van der Waals surface area contributed by atoms with Gasteiger partial charge in [-0.1, -0.05) is 30.3 Å². The number of nitrogens with two attached hydrogens (primary N) is 1. The predicted octanol–water partition coefficient (Wildman–Crippen LogP) is 4.90. The van der Waals surface area contributed by atoms with Crippen LogP contribution in [0.3, 0.4) is 0 Å². The van der Waals surface area contributed by atoms with Crippen LogP contribution in [0.25, 0.3) is 48.8 Å². The lowest BCUT2D eigenvalue weighted by molar-refractivity contribution is 0.630. The van der Waals surface area contributed by atoms with Gasteiger partial charge in [0.15, 0.2) is 0 Å². The molecule has 3 aromatic carbocycles. The summed E-state index contributed by atoms with van der Waals surface area (Å²) in [6, 6.07) is 14.1. The molecule has 0 fully saturated rings. The molecule has 2 heterocycles. The Labute approximate surface area is 182 Å². The number of benzene rings is 3. The van der Waals surface area contributed by atoms with Gasteiger partial charge in [0.2, 0.25) is 5.69 Å². The second-order valence-electron chi connectivity index (χ2n) is 7.55. The number of pyridine rings is 1. The van der Waals surface area contributed by atoms with E-state index < -0.39 is 5.82 Å². The summed E-state index contributed by atoms with van der Waals surface area (Å²) in [5, 5.41) is 6.97. The Kier molecular flexibility index (Phi) is 4.58. The summed E-state index contributed by atoms with van der Waals surface area (Å²) in [6.07, 6.45) is 3.26. The summed E-state index contributed by atoms with van der Waals surface area (Å²) in [6.45, 7) is 8.03. The smallest absolute Gasteiger partial charge is 0.255 e. The van der Waals surface area contributed by atoms with Crippen LogP contribution in [0.15, 0.2) is 65.7 Å². The fraction of sp³-hybridized carbons (Fsp3) is 0.0800. The average Bonchev–Trinajstić information content (AvgIpc) is 3.19. The first-order valence-electron chi connectivity index (χ1n) is 9.99. The molecule has 6 nitrogen and oxygen atoms in total. The third-order valence-corrected chi connectivity index (χ3v) is 5.78. The molecule has 0 aliphatic rings. The summed E-state index contributed by atoms with van der Waals surface area (Å²) in [7, 11) is 1.72. The molecule has 0 amide bonds. The first-order valence-corrected chi connectivity index (χ1v) is 9.99. The van der Waals surface area contributed by atoms with Crippen molar-refractivity contribution < 1.29 is 4.39 Å². The molecule has 0 spiro atoms. The Morgan fingerprint density at radius 2 is 1.97 bits per heavy atom. The number of aromatic amines is 1. The molecule has 2 aromatic heterocycles. The second-order valence-corrected chi connectivity index (χ2v) is 7.55. The largest absolute Gasteiger partial charge is 0.328 e. The topological polar surface area (TPSA) is 81.1 Å². The van der Waals surface area contributed by atoms with E-state index in [9.17, 15) is 4.79 Å². The van der Waals surface area contributed by atoms with E-state index in [2.05, 4.69) is 14.9 Å². The monoisotopic (exact) mass is 423 g/mol. The molecule has 0 bridgehead atoms. The highest BCUT2D eigenvalue weighted by Crippen LogP contribution is 2.43. The first-order chi connectivity index (χ1) is 15.5. The van der Waals surface area contributed by atoms with E-state index in [-0.39, 0.29) is 23.4 Å². The number of aryl methyl sites for hydroxylation is 1. The van der Waals surface area contributed by atoms with E-state index in [1.54, 1.807) is 42.3 Å². The van der Waals surface area contributed by atoms with E-state index >= 15 is 4.39 Å². The lowest BCUT2D eigenvalue weighted by atomic mass is 9.95. The molecule has 0 unspecified atom stereocenters. The van der Waals surface area contributed by atoms with Gasteiger partial charge in [0.05, 0.1) is 18.5 Å². The molecule has 0 atom stereocenters. The zero-order valence-electron chi connectivity index (χ0n) is 17.2. The first kappa shape index (κ1) is 19.7. The lowest BCUT2D eigenvalue weighted by Gasteiger charge is -2.13. The molecule has 0 radical (unpaired) electrons. The number of aromatic nitrogens is 3. The Morgan fingerprint density at radius 1 is 1.16 bits per heavy atom. The van der Waals surface area contributed by atoms with Gasteiger partial charge < -0.3 is 10.7 Å². The molecule has 0 aliphatic heterocycles. The molecule has 32 heavy (non-hydrogen) atoms. The van der Waals surface area contributed by atoms with Gasteiger partial charge in [0, 0.05) is 36.3 Å². The number of nitrogens with zero attached hydrogens (tertiary/aromatic N) is 3. The zero-order valence-corrected chi connectivity index (χ0v) is 17.2. The highest BCUT2D eigenvalue weighted by Gasteiger charge is 2.22. The summed E-state index contributed by atoms with van der Waals surface area (Å²) in [5.74, 6) is -0.487. The van der Waals surface area contributed by atoms with Crippen molar-refractivity contribution in [2.24, 2.45) is 12.8 Å². The fourth-order valence-electron chi connectivity index (χ4n) is 4.23. The Hall–Kier alpha value is -4.28. The van der Waals surface area contributed by atoms with E-state index in [4.69, 9.17) is 12.3 Å². The fourth-order valence-corrected chi connectivity index (χ4v) is 4.23.